The lowest BCUT2D eigenvalue weighted by molar-refractivity contribution is -0.128. The summed E-state index contributed by atoms with van der Waals surface area (Å²) in [7, 11) is 1.64. The number of hydrogen-bond donors (Lipinski definition) is 0. The van der Waals surface area contributed by atoms with Gasteiger partial charge in [0, 0.05) is 25.9 Å². The molecule has 6 nitrogen and oxygen atoms in total. The summed E-state index contributed by atoms with van der Waals surface area (Å²) in [5.74, 6) is 2.25. The van der Waals surface area contributed by atoms with E-state index in [-0.39, 0.29) is 11.8 Å². The van der Waals surface area contributed by atoms with Crippen LogP contribution in [0.1, 0.15) is 43.0 Å². The van der Waals surface area contributed by atoms with E-state index in [1.165, 1.54) is 0 Å². The number of benzene rings is 1. The van der Waals surface area contributed by atoms with E-state index in [4.69, 9.17) is 9.26 Å². The molecule has 1 fully saturated rings. The van der Waals surface area contributed by atoms with E-state index in [9.17, 15) is 4.79 Å². The van der Waals surface area contributed by atoms with Crippen LogP contribution < -0.4 is 4.74 Å². The number of amides is 1. The fraction of sp³-hybridized carbons (Fsp3) is 0.471. The van der Waals surface area contributed by atoms with Crippen LogP contribution in [0.25, 0.3) is 0 Å². The lowest BCUT2D eigenvalue weighted by Crippen LogP contribution is -2.24. The maximum absolute atomic E-state index is 12.2. The van der Waals surface area contributed by atoms with Crippen molar-refractivity contribution in [3.8, 4) is 5.75 Å². The summed E-state index contributed by atoms with van der Waals surface area (Å²) in [5.41, 5.74) is 1.08. The Bertz CT molecular complexity index is 666. The summed E-state index contributed by atoms with van der Waals surface area (Å²) in [6.07, 6.45) is 2.22. The minimum Gasteiger partial charge on any atom is -0.497 e. The molecule has 1 aliphatic heterocycles. The summed E-state index contributed by atoms with van der Waals surface area (Å²) in [5, 5.41) is 3.97. The average molecular weight is 315 g/mol. The quantitative estimate of drug-likeness (QED) is 0.819. The third kappa shape index (κ3) is 3.52. The summed E-state index contributed by atoms with van der Waals surface area (Å²) in [4.78, 5) is 18.5. The third-order valence-corrected chi connectivity index (χ3v) is 4.05. The van der Waals surface area contributed by atoms with Gasteiger partial charge in [0.05, 0.1) is 13.0 Å². The first-order valence-electron chi connectivity index (χ1n) is 7.92. The number of ether oxygens (including phenoxy) is 1. The molecule has 0 aliphatic carbocycles. The van der Waals surface area contributed by atoms with Crippen molar-refractivity contribution in [3.63, 3.8) is 0 Å². The molecule has 3 rings (SSSR count). The number of nitrogens with zero attached hydrogens (tertiary/aromatic N) is 3. The highest BCUT2D eigenvalue weighted by Gasteiger charge is 2.34. The van der Waals surface area contributed by atoms with Gasteiger partial charge in [-0.3, -0.25) is 4.79 Å². The number of rotatable bonds is 6. The van der Waals surface area contributed by atoms with Gasteiger partial charge in [-0.15, -0.1) is 0 Å². The SMILES string of the molecule is CCCc1noc(C2CC(=O)N(Cc3ccc(OC)cc3)C2)n1. The molecule has 0 saturated carbocycles. The van der Waals surface area contributed by atoms with Crippen molar-refractivity contribution in [2.24, 2.45) is 0 Å². The summed E-state index contributed by atoms with van der Waals surface area (Å²) >= 11 is 0. The molecule has 0 spiro atoms. The number of likely N-dealkylation sites (tertiary alicyclic amines) is 1. The molecule has 1 aromatic carbocycles. The van der Waals surface area contributed by atoms with Crippen molar-refractivity contribution >= 4 is 5.91 Å². The molecular formula is C17H21N3O3. The molecule has 1 aliphatic rings. The Morgan fingerprint density at radius 1 is 1.35 bits per heavy atom. The van der Waals surface area contributed by atoms with E-state index in [0.717, 1.165) is 30.0 Å². The average Bonchev–Trinajstić information content (AvgIpc) is 3.16. The monoisotopic (exact) mass is 315 g/mol. The molecule has 6 heteroatoms. The molecule has 122 valence electrons. The van der Waals surface area contributed by atoms with Gasteiger partial charge in [0.15, 0.2) is 5.82 Å². The van der Waals surface area contributed by atoms with Crippen molar-refractivity contribution in [2.45, 2.75) is 38.6 Å². The van der Waals surface area contributed by atoms with Gasteiger partial charge in [-0.2, -0.15) is 4.98 Å². The van der Waals surface area contributed by atoms with Crippen LogP contribution in [-0.4, -0.2) is 34.6 Å². The predicted molar refractivity (Wildman–Crippen MR) is 84.1 cm³/mol. The van der Waals surface area contributed by atoms with Crippen LogP contribution in [0.3, 0.4) is 0 Å². The Morgan fingerprint density at radius 2 is 2.13 bits per heavy atom. The Morgan fingerprint density at radius 3 is 2.83 bits per heavy atom. The number of hydrogen-bond acceptors (Lipinski definition) is 5. The molecular weight excluding hydrogens is 294 g/mol. The number of carbonyl (C=O) groups excluding carboxylic acids is 1. The fourth-order valence-corrected chi connectivity index (χ4v) is 2.80. The van der Waals surface area contributed by atoms with Crippen LogP contribution in [0, 0.1) is 0 Å². The molecule has 1 aromatic heterocycles. The van der Waals surface area contributed by atoms with Crippen LogP contribution in [0.5, 0.6) is 5.75 Å². The highest BCUT2D eigenvalue weighted by molar-refractivity contribution is 5.79. The van der Waals surface area contributed by atoms with E-state index in [2.05, 4.69) is 17.1 Å². The van der Waals surface area contributed by atoms with E-state index < -0.39 is 0 Å². The maximum atomic E-state index is 12.2. The number of aryl methyl sites for hydroxylation is 1. The first-order chi connectivity index (χ1) is 11.2. The lowest BCUT2D eigenvalue weighted by atomic mass is 10.1. The van der Waals surface area contributed by atoms with Crippen LogP contribution in [0.2, 0.25) is 0 Å². The second kappa shape index (κ2) is 6.81. The minimum absolute atomic E-state index is 0.00106. The molecule has 1 atom stereocenters. The summed E-state index contributed by atoms with van der Waals surface area (Å²) < 4.78 is 10.5. The van der Waals surface area contributed by atoms with Crippen LogP contribution in [-0.2, 0) is 17.8 Å². The summed E-state index contributed by atoms with van der Waals surface area (Å²) in [6, 6.07) is 7.77. The molecule has 0 radical (unpaired) electrons. The number of carbonyl (C=O) groups is 1. The molecule has 23 heavy (non-hydrogen) atoms. The van der Waals surface area contributed by atoms with Gasteiger partial charge < -0.3 is 14.2 Å². The normalized spacial score (nSPS) is 17.7. The molecule has 1 amide bonds. The smallest absolute Gasteiger partial charge is 0.232 e. The van der Waals surface area contributed by atoms with Crippen molar-refractivity contribution in [1.82, 2.24) is 15.0 Å². The molecule has 2 aromatic rings. The minimum atomic E-state index is -0.00106. The van der Waals surface area contributed by atoms with Crippen molar-refractivity contribution in [3.05, 3.63) is 41.5 Å². The molecule has 0 bridgehead atoms. The zero-order chi connectivity index (χ0) is 16.2. The first kappa shape index (κ1) is 15.5. The summed E-state index contributed by atoms with van der Waals surface area (Å²) in [6.45, 7) is 3.29. The maximum Gasteiger partial charge on any atom is 0.232 e. The van der Waals surface area contributed by atoms with Crippen LogP contribution >= 0.6 is 0 Å². The lowest BCUT2D eigenvalue weighted by Gasteiger charge is -2.16. The van der Waals surface area contributed by atoms with Crippen LogP contribution in [0.15, 0.2) is 28.8 Å². The highest BCUT2D eigenvalue weighted by Crippen LogP contribution is 2.28. The van der Waals surface area contributed by atoms with Crippen molar-refractivity contribution in [1.29, 1.82) is 0 Å². The number of methoxy groups -OCH3 is 1. The second-order valence-corrected chi connectivity index (χ2v) is 5.82. The van der Waals surface area contributed by atoms with Crippen molar-refractivity contribution in [2.75, 3.05) is 13.7 Å². The van der Waals surface area contributed by atoms with E-state index in [0.29, 0.717) is 25.4 Å². The van der Waals surface area contributed by atoms with Crippen LogP contribution in [0.4, 0.5) is 0 Å². The third-order valence-electron chi connectivity index (χ3n) is 4.05. The fourth-order valence-electron chi connectivity index (χ4n) is 2.80. The van der Waals surface area contributed by atoms with E-state index in [1.807, 2.05) is 29.2 Å². The molecule has 2 heterocycles. The Kier molecular flexibility index (Phi) is 4.60. The Balaban J connectivity index is 1.64. The standard InChI is InChI=1S/C17H21N3O3/c1-3-4-15-18-17(23-19-15)13-9-16(21)20(11-13)10-12-5-7-14(22-2)8-6-12/h5-8,13H,3-4,9-11H2,1-2H3. The second-order valence-electron chi connectivity index (χ2n) is 5.82. The number of aromatic nitrogens is 2. The van der Waals surface area contributed by atoms with Gasteiger partial charge in [-0.1, -0.05) is 24.2 Å². The molecule has 1 unspecified atom stereocenters. The van der Waals surface area contributed by atoms with Crippen molar-refractivity contribution < 1.29 is 14.1 Å². The van der Waals surface area contributed by atoms with Gasteiger partial charge in [-0.05, 0) is 24.1 Å². The zero-order valence-electron chi connectivity index (χ0n) is 13.5. The van der Waals surface area contributed by atoms with Gasteiger partial charge in [0.1, 0.15) is 5.75 Å². The Labute approximate surface area is 135 Å². The largest absolute Gasteiger partial charge is 0.497 e. The Hall–Kier alpha value is -2.37. The van der Waals surface area contributed by atoms with Gasteiger partial charge in [0.2, 0.25) is 11.8 Å². The molecule has 1 saturated heterocycles. The predicted octanol–water partition coefficient (Wildman–Crippen LogP) is 2.55. The zero-order valence-corrected chi connectivity index (χ0v) is 13.5. The van der Waals surface area contributed by atoms with Gasteiger partial charge in [0.25, 0.3) is 0 Å². The van der Waals surface area contributed by atoms with Gasteiger partial charge in [-0.25, -0.2) is 0 Å². The molecule has 0 N–H and O–H groups in total. The van der Waals surface area contributed by atoms with Gasteiger partial charge >= 0.3 is 0 Å². The van der Waals surface area contributed by atoms with E-state index >= 15 is 0 Å². The first-order valence-corrected chi connectivity index (χ1v) is 7.92. The van der Waals surface area contributed by atoms with E-state index in [1.54, 1.807) is 7.11 Å². The topological polar surface area (TPSA) is 68.5 Å². The highest BCUT2D eigenvalue weighted by atomic mass is 16.5.